The Labute approximate surface area is 118 Å². The minimum Gasteiger partial charge on any atom is -0.398 e. The van der Waals surface area contributed by atoms with E-state index in [0.717, 1.165) is 0 Å². The van der Waals surface area contributed by atoms with Crippen molar-refractivity contribution in [1.29, 1.82) is 0 Å². The van der Waals surface area contributed by atoms with Gasteiger partial charge in [-0.05, 0) is 25.5 Å². The minimum absolute atomic E-state index is 0.150. The van der Waals surface area contributed by atoms with Gasteiger partial charge in [0.05, 0.1) is 12.0 Å². The van der Waals surface area contributed by atoms with Gasteiger partial charge in [0.1, 0.15) is 4.90 Å². The van der Waals surface area contributed by atoms with Crippen LogP contribution in [-0.4, -0.2) is 24.0 Å². The Morgan fingerprint density at radius 1 is 1.45 bits per heavy atom. The second-order valence-electron chi connectivity index (χ2n) is 4.78. The van der Waals surface area contributed by atoms with Gasteiger partial charge in [0.25, 0.3) is 0 Å². The highest BCUT2D eigenvalue weighted by Crippen LogP contribution is 2.22. The van der Waals surface area contributed by atoms with Gasteiger partial charge in [-0.2, -0.15) is 0 Å². The molecule has 7 heteroatoms. The predicted octanol–water partition coefficient (Wildman–Crippen LogP) is 1.14. The van der Waals surface area contributed by atoms with E-state index in [2.05, 4.69) is 9.71 Å². The quantitative estimate of drug-likeness (QED) is 0.809. The Kier molecular flexibility index (Phi) is 4.10. The molecule has 0 aliphatic rings. The van der Waals surface area contributed by atoms with Gasteiger partial charge in [-0.15, -0.1) is 0 Å². The molecule has 0 aliphatic heterocycles. The van der Waals surface area contributed by atoms with Crippen LogP contribution >= 0.6 is 0 Å². The first-order valence-corrected chi connectivity index (χ1v) is 7.71. The number of imidazole rings is 1. The number of anilines is 1. The first-order valence-electron chi connectivity index (χ1n) is 6.23. The maximum absolute atomic E-state index is 12.4. The van der Waals surface area contributed by atoms with E-state index in [-0.39, 0.29) is 16.6 Å². The molecule has 1 heterocycles. The zero-order valence-electron chi connectivity index (χ0n) is 11.4. The standard InChI is InChI=1S/C13H18N4O2S/c1-10-4-3-5-12(14)13(10)20(18,19)16-11(2)8-17-7-6-15-9-17/h3-7,9,11,16H,8,14H2,1-2H3. The van der Waals surface area contributed by atoms with E-state index in [9.17, 15) is 8.42 Å². The maximum Gasteiger partial charge on any atom is 0.243 e. The molecule has 6 nitrogen and oxygen atoms in total. The molecule has 0 bridgehead atoms. The Bertz CT molecular complexity index is 660. The lowest BCUT2D eigenvalue weighted by Gasteiger charge is -2.17. The van der Waals surface area contributed by atoms with Crippen molar-refractivity contribution in [3.63, 3.8) is 0 Å². The summed E-state index contributed by atoms with van der Waals surface area (Å²) in [5.41, 5.74) is 6.67. The molecular weight excluding hydrogens is 276 g/mol. The first-order chi connectivity index (χ1) is 9.40. The highest BCUT2D eigenvalue weighted by atomic mass is 32.2. The number of benzene rings is 1. The molecule has 2 aromatic rings. The van der Waals surface area contributed by atoms with E-state index in [1.807, 2.05) is 4.57 Å². The van der Waals surface area contributed by atoms with Crippen molar-refractivity contribution < 1.29 is 8.42 Å². The summed E-state index contributed by atoms with van der Waals surface area (Å²) in [5.74, 6) is 0. The fourth-order valence-corrected chi connectivity index (χ4v) is 3.71. The fourth-order valence-electron chi connectivity index (χ4n) is 2.11. The van der Waals surface area contributed by atoms with Crippen molar-refractivity contribution in [1.82, 2.24) is 14.3 Å². The maximum atomic E-state index is 12.4. The molecule has 0 amide bonds. The van der Waals surface area contributed by atoms with Crippen LogP contribution in [0.3, 0.4) is 0 Å². The summed E-state index contributed by atoms with van der Waals surface area (Å²) in [5, 5.41) is 0. The van der Waals surface area contributed by atoms with Gasteiger partial charge in [0.15, 0.2) is 0 Å². The van der Waals surface area contributed by atoms with E-state index in [4.69, 9.17) is 5.73 Å². The molecule has 1 aromatic carbocycles. The van der Waals surface area contributed by atoms with Crippen LogP contribution in [-0.2, 0) is 16.6 Å². The van der Waals surface area contributed by atoms with E-state index in [0.29, 0.717) is 12.1 Å². The van der Waals surface area contributed by atoms with Crippen molar-refractivity contribution in [2.75, 3.05) is 5.73 Å². The number of sulfonamides is 1. The number of aromatic nitrogens is 2. The molecule has 2 rings (SSSR count). The predicted molar refractivity (Wildman–Crippen MR) is 77.6 cm³/mol. The van der Waals surface area contributed by atoms with Gasteiger partial charge >= 0.3 is 0 Å². The molecule has 1 atom stereocenters. The van der Waals surface area contributed by atoms with Crippen LogP contribution in [0, 0.1) is 6.92 Å². The Balaban J connectivity index is 2.19. The molecule has 108 valence electrons. The van der Waals surface area contributed by atoms with E-state index < -0.39 is 10.0 Å². The van der Waals surface area contributed by atoms with Crippen molar-refractivity contribution in [2.45, 2.75) is 31.3 Å². The third-order valence-electron chi connectivity index (χ3n) is 2.91. The smallest absolute Gasteiger partial charge is 0.243 e. The summed E-state index contributed by atoms with van der Waals surface area (Å²) in [4.78, 5) is 4.07. The highest BCUT2D eigenvalue weighted by Gasteiger charge is 2.22. The summed E-state index contributed by atoms with van der Waals surface area (Å²) in [6.07, 6.45) is 5.08. The van der Waals surface area contributed by atoms with Crippen LogP contribution in [0.4, 0.5) is 5.69 Å². The second kappa shape index (κ2) is 5.64. The zero-order valence-corrected chi connectivity index (χ0v) is 12.3. The number of nitrogen functional groups attached to an aromatic ring is 1. The van der Waals surface area contributed by atoms with Gasteiger partial charge in [0, 0.05) is 25.0 Å². The molecule has 20 heavy (non-hydrogen) atoms. The number of hydrogen-bond donors (Lipinski definition) is 2. The van der Waals surface area contributed by atoms with E-state index >= 15 is 0 Å². The van der Waals surface area contributed by atoms with Crippen LogP contribution < -0.4 is 10.5 Å². The third kappa shape index (κ3) is 3.17. The molecule has 0 radical (unpaired) electrons. The molecule has 0 spiro atoms. The number of hydrogen-bond acceptors (Lipinski definition) is 4. The van der Waals surface area contributed by atoms with Gasteiger partial charge in [-0.1, -0.05) is 12.1 Å². The Hall–Kier alpha value is -1.86. The monoisotopic (exact) mass is 294 g/mol. The van der Waals surface area contributed by atoms with Gasteiger partial charge < -0.3 is 10.3 Å². The van der Waals surface area contributed by atoms with Crippen molar-refractivity contribution in [3.8, 4) is 0 Å². The van der Waals surface area contributed by atoms with Crippen molar-refractivity contribution in [3.05, 3.63) is 42.5 Å². The summed E-state index contributed by atoms with van der Waals surface area (Å²) in [6.45, 7) is 4.03. The zero-order chi connectivity index (χ0) is 14.8. The molecule has 0 fully saturated rings. The Morgan fingerprint density at radius 3 is 2.80 bits per heavy atom. The largest absolute Gasteiger partial charge is 0.398 e. The number of nitrogens with one attached hydrogen (secondary N) is 1. The van der Waals surface area contributed by atoms with Crippen LogP contribution in [0.5, 0.6) is 0 Å². The minimum atomic E-state index is -3.63. The molecule has 1 unspecified atom stereocenters. The summed E-state index contributed by atoms with van der Waals surface area (Å²) >= 11 is 0. The fraction of sp³-hybridized carbons (Fsp3) is 0.308. The average molecular weight is 294 g/mol. The first kappa shape index (κ1) is 14.5. The highest BCUT2D eigenvalue weighted by molar-refractivity contribution is 7.89. The van der Waals surface area contributed by atoms with Crippen LogP contribution in [0.15, 0.2) is 41.8 Å². The van der Waals surface area contributed by atoms with Crippen molar-refractivity contribution >= 4 is 15.7 Å². The lowest BCUT2D eigenvalue weighted by atomic mass is 10.2. The van der Waals surface area contributed by atoms with Gasteiger partial charge in [-0.3, -0.25) is 0 Å². The number of rotatable bonds is 5. The molecule has 3 N–H and O–H groups in total. The van der Waals surface area contributed by atoms with Gasteiger partial charge in [0.2, 0.25) is 10.0 Å². The van der Waals surface area contributed by atoms with E-state index in [1.54, 1.807) is 50.8 Å². The Morgan fingerprint density at radius 2 is 2.20 bits per heavy atom. The third-order valence-corrected chi connectivity index (χ3v) is 4.72. The molecule has 0 saturated heterocycles. The summed E-state index contributed by atoms with van der Waals surface area (Å²) in [7, 11) is -3.63. The molecular formula is C13H18N4O2S. The van der Waals surface area contributed by atoms with Crippen LogP contribution in [0.25, 0.3) is 0 Å². The number of nitrogens with zero attached hydrogens (tertiary/aromatic N) is 2. The molecule has 0 saturated carbocycles. The lowest BCUT2D eigenvalue weighted by Crippen LogP contribution is -2.36. The topological polar surface area (TPSA) is 90.0 Å². The van der Waals surface area contributed by atoms with Gasteiger partial charge in [-0.25, -0.2) is 18.1 Å². The summed E-state index contributed by atoms with van der Waals surface area (Å²) < 4.78 is 29.2. The SMILES string of the molecule is Cc1cccc(N)c1S(=O)(=O)NC(C)Cn1ccnc1. The molecule has 1 aromatic heterocycles. The second-order valence-corrected chi connectivity index (χ2v) is 6.43. The number of nitrogens with two attached hydrogens (primary N) is 1. The lowest BCUT2D eigenvalue weighted by molar-refractivity contribution is 0.520. The summed E-state index contributed by atoms with van der Waals surface area (Å²) in [6, 6.07) is 4.78. The normalized spacial score (nSPS) is 13.3. The van der Waals surface area contributed by atoms with Crippen LogP contribution in [0.1, 0.15) is 12.5 Å². The average Bonchev–Trinajstić information content (AvgIpc) is 2.79. The van der Waals surface area contributed by atoms with E-state index in [1.165, 1.54) is 0 Å². The van der Waals surface area contributed by atoms with Crippen LogP contribution in [0.2, 0.25) is 0 Å². The number of aryl methyl sites for hydroxylation is 1. The van der Waals surface area contributed by atoms with Crippen molar-refractivity contribution in [2.24, 2.45) is 0 Å². The molecule has 0 aliphatic carbocycles.